The van der Waals surface area contributed by atoms with Crippen LogP contribution in [0.5, 0.6) is 23.0 Å². The zero-order valence-electron chi connectivity index (χ0n) is 24.3. The van der Waals surface area contributed by atoms with Crippen LogP contribution < -0.4 is 14.2 Å². The number of aliphatic hydroxyl groups excluding tert-OH is 1. The first-order valence-electron chi connectivity index (χ1n) is 13.7. The average Bonchev–Trinajstić information content (AvgIpc) is 3.38. The molecule has 8 nitrogen and oxygen atoms in total. The molecule has 1 saturated heterocycles. The Labute approximate surface area is 235 Å². The number of thiol groups is 1. The maximum atomic E-state index is 11.3. The van der Waals surface area contributed by atoms with Gasteiger partial charge in [-0.25, -0.2) is 12.5 Å². The van der Waals surface area contributed by atoms with E-state index in [2.05, 4.69) is 64.4 Å². The number of nitriles is 1. The molecule has 202 valence electrons. The Morgan fingerprint density at radius 3 is 2.66 bits per heavy atom. The van der Waals surface area contributed by atoms with Gasteiger partial charge in [-0.15, -0.1) is 0 Å². The Hall–Kier alpha value is -2.15. The molecule has 0 amide bonds. The molecule has 0 saturated carbocycles. The Bertz CT molecular complexity index is 1380. The smallest absolute Gasteiger partial charge is 0.231 e. The molecule has 0 spiro atoms. The van der Waals surface area contributed by atoms with Crippen LogP contribution in [-0.4, -0.2) is 74.7 Å². The molecular formula is C27H35BN3O5PS. The van der Waals surface area contributed by atoms with E-state index >= 15 is 0 Å². The highest BCUT2D eigenvalue weighted by atomic mass is 32.1. The molecule has 2 N–H and O–H groups in total. The van der Waals surface area contributed by atoms with Crippen molar-refractivity contribution < 1.29 is 24.4 Å². The fourth-order valence-electron chi connectivity index (χ4n) is 7.34. The summed E-state index contributed by atoms with van der Waals surface area (Å²) < 4.78 is 31.5. The quantitative estimate of drug-likeness (QED) is 0.301. The van der Waals surface area contributed by atoms with E-state index in [4.69, 9.17) is 22.1 Å². The molecular weight excluding hydrogens is 520 g/mol. The van der Waals surface area contributed by atoms with Crippen LogP contribution in [0.4, 0.5) is 0 Å². The molecule has 0 aliphatic carbocycles. The highest BCUT2D eigenvalue weighted by Crippen LogP contribution is 2.57. The summed E-state index contributed by atoms with van der Waals surface area (Å²) in [6, 6.07) is 3.76. The molecule has 1 fully saturated rings. The number of methoxy groups -OCH3 is 1. The lowest BCUT2D eigenvalue weighted by Gasteiger charge is -2.60. The number of aliphatic hydroxyl groups is 1. The number of benzene rings is 2. The van der Waals surface area contributed by atoms with Gasteiger partial charge in [0.1, 0.15) is 17.5 Å². The largest absolute Gasteiger partial charge is 0.507 e. The minimum atomic E-state index is -0.434. The predicted molar refractivity (Wildman–Crippen MR) is 154 cm³/mol. The number of fused-ring (bicyclic) bond motifs is 9. The molecule has 2 aromatic rings. The zero-order valence-corrected chi connectivity index (χ0v) is 24.4. The van der Waals surface area contributed by atoms with E-state index in [1.807, 2.05) is 6.92 Å². The number of hydrogen-bond donors (Lipinski definition) is 3. The van der Waals surface area contributed by atoms with Gasteiger partial charge in [0.25, 0.3) is 0 Å². The molecule has 2 bridgehead atoms. The molecule has 6 atom stereocenters. The monoisotopic (exact) mass is 558 g/mol. The minimum Gasteiger partial charge on any atom is -0.507 e. The first-order chi connectivity index (χ1) is 19.1. The Morgan fingerprint density at radius 1 is 1.29 bits per heavy atom. The van der Waals surface area contributed by atoms with Crippen LogP contribution >= 0.6 is 21.6 Å². The summed E-state index contributed by atoms with van der Waals surface area (Å²) in [6.45, 7) is 6.13. The van der Waals surface area contributed by atoms with Crippen LogP contribution in [0, 0.1) is 32.1 Å². The summed E-state index contributed by atoms with van der Waals surface area (Å²) in [5, 5.41) is 26.8. The summed E-state index contributed by atoms with van der Waals surface area (Å²) >= 11 is 3.60. The second kappa shape index (κ2) is 10.4. The average molecular weight is 558 g/mol. The summed E-state index contributed by atoms with van der Waals surface area (Å²) in [5.74, 6) is 2.20. The molecule has 2 unspecified atom stereocenters. The molecule has 4 aliphatic heterocycles. The van der Waals surface area contributed by atoms with E-state index in [0.717, 1.165) is 34.4 Å². The van der Waals surface area contributed by atoms with Crippen molar-refractivity contribution in [3.05, 3.63) is 45.0 Å². The number of rotatable bonds is 3. The van der Waals surface area contributed by atoms with Gasteiger partial charge < -0.3 is 24.4 Å². The highest BCUT2D eigenvalue weighted by molar-refractivity contribution is 8.20. The van der Waals surface area contributed by atoms with Crippen molar-refractivity contribution in [2.45, 2.75) is 63.8 Å². The predicted octanol–water partition coefficient (Wildman–Crippen LogP) is 2.88. The third-order valence-corrected chi connectivity index (χ3v) is 8.72. The standard InChI is InChI=1S/C27H31N3O5.BH4PS/c1-12-6-15-7-17-19(9-28)30-18(23(29(17)4)21(15)13(2)25(12)33-5)8-16-22(20(30)10-31)27-26(34-11-35-27)14(3)24(16)32;2-1-3/h6,17-20,23,31-32H,7-8,10-11H2,1-5H3;1,3H,2H2/t17-,18?,19-,20-,23-;/m0./s1/i31T;1D. The van der Waals surface area contributed by atoms with Gasteiger partial charge in [-0.05, 0) is 64.3 Å². The number of ether oxygens (including phenoxy) is 3. The van der Waals surface area contributed by atoms with Gasteiger partial charge in [-0.3, -0.25) is 9.80 Å². The summed E-state index contributed by atoms with van der Waals surface area (Å²) in [6.07, 6.45) is 0.968. The number of aromatic hydroxyl groups is 1. The van der Waals surface area contributed by atoms with Gasteiger partial charge in [0.15, 0.2) is 11.5 Å². The van der Waals surface area contributed by atoms with E-state index < -0.39 is 12.1 Å². The lowest BCUT2D eigenvalue weighted by atomic mass is 9.71. The van der Waals surface area contributed by atoms with Crippen molar-refractivity contribution in [1.82, 2.24) is 9.80 Å². The fourth-order valence-corrected chi connectivity index (χ4v) is 7.34. The number of phenolic OH excluding ortho intramolecular Hbond substituents is 1. The first-order valence-corrected chi connectivity index (χ1v) is 13.9. The van der Waals surface area contributed by atoms with Crippen molar-refractivity contribution in [3.8, 4) is 29.1 Å². The normalized spacial score (nSPS) is 27.5. The Morgan fingerprint density at radius 2 is 2.00 bits per heavy atom. The van der Waals surface area contributed by atoms with Crippen molar-refractivity contribution >= 4 is 27.8 Å². The number of phenols is 1. The zero-order chi connectivity index (χ0) is 29.0. The molecule has 0 radical (unpaired) electrons. The second-order valence-corrected chi connectivity index (χ2v) is 11.6. The van der Waals surface area contributed by atoms with Gasteiger partial charge in [-0.2, -0.15) is 14.4 Å². The van der Waals surface area contributed by atoms with Crippen LogP contribution in [0.1, 0.15) is 51.0 Å². The molecule has 38 heavy (non-hydrogen) atoms. The lowest BCUT2D eigenvalue weighted by molar-refractivity contribution is -0.0821. The van der Waals surface area contributed by atoms with E-state index in [0.29, 0.717) is 23.5 Å². The molecule has 0 aromatic heterocycles. The lowest BCUT2D eigenvalue weighted by Crippen LogP contribution is -2.68. The van der Waals surface area contributed by atoms with Gasteiger partial charge >= 0.3 is 0 Å². The maximum Gasteiger partial charge on any atom is 0.231 e. The number of aryl methyl sites for hydroxylation is 1. The number of likely N-dealkylation sites (N-methyl/N-ethyl adjacent to an activating group) is 1. The molecule has 11 heteroatoms. The van der Waals surface area contributed by atoms with Crippen LogP contribution in [-0.2, 0) is 12.8 Å². The summed E-state index contributed by atoms with van der Waals surface area (Å²) in [4.78, 5) is 4.55. The molecule has 4 aliphatic rings. The molecule has 2 aromatic carbocycles. The van der Waals surface area contributed by atoms with Crippen LogP contribution in [0.15, 0.2) is 6.07 Å². The third kappa shape index (κ3) is 3.82. The first kappa shape index (κ1) is 24.9. The van der Waals surface area contributed by atoms with E-state index in [9.17, 15) is 10.4 Å². The Balaban J connectivity index is 0.000000758. The van der Waals surface area contributed by atoms with Crippen molar-refractivity contribution in [1.29, 1.82) is 8.03 Å². The van der Waals surface area contributed by atoms with Crippen LogP contribution in [0.2, 0.25) is 0 Å². The number of hydrogen-bond acceptors (Lipinski definition) is 9. The van der Waals surface area contributed by atoms with Crippen molar-refractivity contribution in [2.75, 3.05) is 27.6 Å². The third-order valence-electron chi connectivity index (χ3n) is 8.72. The SMILES string of the molecule is [2H]B(P)S.[3H]OC[C@H]1c2c(c(O)c(C)c3c2OCO3)CC2[C@H]3c4c(cc(C)c(OC)c4C)C[C@@H]([C@H](C#N)N21)N3C. The van der Waals surface area contributed by atoms with Crippen molar-refractivity contribution in [3.63, 3.8) is 0 Å². The van der Waals surface area contributed by atoms with Gasteiger partial charge in [-0.1, -0.05) is 6.07 Å². The van der Waals surface area contributed by atoms with Gasteiger partial charge in [0.2, 0.25) is 14.5 Å². The van der Waals surface area contributed by atoms with E-state index in [1.54, 1.807) is 7.11 Å². The number of piperazine rings is 1. The molecule has 4 heterocycles. The topological polar surface area (TPSA) is 98.4 Å². The van der Waals surface area contributed by atoms with Gasteiger partial charge in [0, 0.05) is 28.8 Å². The minimum absolute atomic E-state index is 0.0237. The van der Waals surface area contributed by atoms with Crippen LogP contribution in [0.25, 0.3) is 0 Å². The second-order valence-electron chi connectivity index (χ2n) is 10.4. The van der Waals surface area contributed by atoms with Crippen LogP contribution in [0.3, 0.4) is 0 Å². The van der Waals surface area contributed by atoms with Gasteiger partial charge in [0.05, 0.1) is 31.9 Å². The maximum absolute atomic E-state index is 11.3. The summed E-state index contributed by atoms with van der Waals surface area (Å²) in [7, 11) is 5.99. The summed E-state index contributed by atoms with van der Waals surface area (Å²) in [5.41, 5.74) is 6.90. The Kier molecular flexibility index (Phi) is 6.83. The fraction of sp³-hybridized carbons (Fsp3) is 0.519. The van der Waals surface area contributed by atoms with Crippen molar-refractivity contribution in [2.24, 2.45) is 0 Å². The molecule has 6 rings (SSSR count). The highest BCUT2D eigenvalue weighted by Gasteiger charge is 2.56. The van der Waals surface area contributed by atoms with E-state index in [-0.39, 0.29) is 43.5 Å². The van der Waals surface area contributed by atoms with E-state index in [1.165, 1.54) is 11.1 Å². The number of nitrogens with zero attached hydrogens (tertiary/aromatic N) is 3.